The predicted molar refractivity (Wildman–Crippen MR) is 107 cm³/mol. The number of anilines is 1. The second-order valence-electron chi connectivity index (χ2n) is 5.60. The lowest BCUT2D eigenvalue weighted by Crippen LogP contribution is -2.39. The predicted octanol–water partition coefficient (Wildman–Crippen LogP) is 3.72. The van der Waals surface area contributed by atoms with E-state index < -0.39 is 0 Å². The van der Waals surface area contributed by atoms with Crippen LogP contribution in [-0.2, 0) is 9.53 Å². The van der Waals surface area contributed by atoms with Crippen LogP contribution < -0.4 is 5.32 Å². The molecule has 0 fully saturated rings. The number of hydrogen-bond acceptors (Lipinski definition) is 5. The first-order chi connectivity index (χ1) is 12.5. The summed E-state index contributed by atoms with van der Waals surface area (Å²) in [5.74, 6) is -0.462. The summed E-state index contributed by atoms with van der Waals surface area (Å²) < 4.78 is 6.04. The van der Waals surface area contributed by atoms with Crippen molar-refractivity contribution in [1.29, 1.82) is 0 Å². The Morgan fingerprint density at radius 3 is 2.77 bits per heavy atom. The highest BCUT2D eigenvalue weighted by molar-refractivity contribution is 9.10. The molecule has 140 valence electrons. The van der Waals surface area contributed by atoms with Gasteiger partial charge in [0.1, 0.15) is 6.54 Å². The molecule has 2 rings (SSSR count). The van der Waals surface area contributed by atoms with Gasteiger partial charge in [0.05, 0.1) is 11.3 Å². The number of halogens is 1. The molecule has 1 aromatic heterocycles. The van der Waals surface area contributed by atoms with Crippen LogP contribution >= 0.6 is 27.3 Å². The molecule has 0 atom stereocenters. The Hall–Kier alpha value is -1.77. The van der Waals surface area contributed by atoms with E-state index in [1.165, 1.54) is 16.2 Å². The topological polar surface area (TPSA) is 71.5 Å². The van der Waals surface area contributed by atoms with E-state index in [-0.39, 0.29) is 18.4 Å². The third-order valence-electron chi connectivity index (χ3n) is 3.51. The van der Waals surface area contributed by atoms with Gasteiger partial charge in [0.2, 0.25) is 5.91 Å². The molecule has 0 bridgehead atoms. The highest BCUT2D eigenvalue weighted by atomic mass is 79.9. The number of nitrogens with one attached hydrogen (secondary N) is 1. The average molecular weight is 440 g/mol. The van der Waals surface area contributed by atoms with Gasteiger partial charge in [0.15, 0.2) is 5.13 Å². The van der Waals surface area contributed by atoms with Gasteiger partial charge < -0.3 is 15.0 Å². The molecule has 1 heterocycles. The summed E-state index contributed by atoms with van der Waals surface area (Å²) in [6.07, 6.45) is 0.660. The summed E-state index contributed by atoms with van der Waals surface area (Å²) in [7, 11) is 0. The third-order valence-corrected chi connectivity index (χ3v) is 5.08. The number of nitrogens with zero attached hydrogens (tertiary/aromatic N) is 2. The maximum Gasteiger partial charge on any atom is 0.255 e. The molecular weight excluding hydrogens is 418 g/mol. The van der Waals surface area contributed by atoms with Crippen LogP contribution in [0.15, 0.2) is 34.1 Å². The fourth-order valence-electron chi connectivity index (χ4n) is 2.30. The maximum absolute atomic E-state index is 12.9. The number of carbonyl (C=O) groups excluding carboxylic acids is 2. The zero-order valence-corrected chi connectivity index (χ0v) is 17.2. The minimum absolute atomic E-state index is 0.0368. The molecule has 26 heavy (non-hydrogen) atoms. The van der Waals surface area contributed by atoms with Gasteiger partial charge in [-0.3, -0.25) is 9.59 Å². The lowest BCUT2D eigenvalue weighted by Gasteiger charge is -2.22. The minimum atomic E-state index is -0.267. The van der Waals surface area contributed by atoms with Crippen molar-refractivity contribution in [3.05, 3.63) is 45.4 Å². The molecule has 6 nitrogen and oxygen atoms in total. The summed E-state index contributed by atoms with van der Waals surface area (Å²) >= 11 is 4.76. The second-order valence-corrected chi connectivity index (χ2v) is 7.31. The van der Waals surface area contributed by atoms with Crippen molar-refractivity contribution in [2.24, 2.45) is 0 Å². The fraction of sp³-hybridized carbons (Fsp3) is 0.389. The molecule has 0 spiro atoms. The van der Waals surface area contributed by atoms with Gasteiger partial charge in [-0.2, -0.15) is 0 Å². The van der Waals surface area contributed by atoms with Crippen LogP contribution in [0, 0.1) is 6.92 Å². The van der Waals surface area contributed by atoms with Gasteiger partial charge in [0, 0.05) is 29.6 Å². The number of carbonyl (C=O) groups is 2. The van der Waals surface area contributed by atoms with Gasteiger partial charge in [-0.05, 0) is 48.3 Å². The highest BCUT2D eigenvalue weighted by Gasteiger charge is 2.21. The van der Waals surface area contributed by atoms with E-state index in [1.807, 2.05) is 31.4 Å². The molecule has 0 unspecified atom stereocenters. The quantitative estimate of drug-likeness (QED) is 0.604. The SMILES string of the molecule is CCOCCCN(CC(=O)Nc1nc(C)cs1)C(=O)c1ccccc1Br. The third kappa shape index (κ3) is 6.19. The molecule has 8 heteroatoms. The smallest absolute Gasteiger partial charge is 0.255 e. The van der Waals surface area contributed by atoms with Crippen molar-refractivity contribution >= 4 is 44.2 Å². The zero-order valence-electron chi connectivity index (χ0n) is 14.8. The van der Waals surface area contributed by atoms with E-state index in [1.54, 1.807) is 12.1 Å². The molecule has 0 saturated heterocycles. The van der Waals surface area contributed by atoms with E-state index in [0.717, 1.165) is 5.69 Å². The summed E-state index contributed by atoms with van der Waals surface area (Å²) in [6, 6.07) is 7.20. The van der Waals surface area contributed by atoms with Crippen LogP contribution in [0.25, 0.3) is 0 Å². The number of hydrogen-bond donors (Lipinski definition) is 1. The summed E-state index contributed by atoms with van der Waals surface area (Å²) in [4.78, 5) is 31.0. The standard InChI is InChI=1S/C18H22BrN3O3S/c1-3-25-10-6-9-22(17(24)14-7-4-5-8-15(14)19)11-16(23)21-18-20-13(2)12-26-18/h4-5,7-8,12H,3,6,9-11H2,1-2H3,(H,20,21,23). The van der Waals surface area contributed by atoms with Crippen LogP contribution in [0.1, 0.15) is 29.4 Å². The molecule has 1 N–H and O–H groups in total. The van der Waals surface area contributed by atoms with Gasteiger partial charge in [0.25, 0.3) is 5.91 Å². The first kappa shape index (κ1) is 20.5. The monoisotopic (exact) mass is 439 g/mol. The van der Waals surface area contributed by atoms with Crippen LogP contribution in [0.2, 0.25) is 0 Å². The number of amides is 2. The Morgan fingerprint density at radius 1 is 1.35 bits per heavy atom. The Bertz CT molecular complexity index is 751. The lowest BCUT2D eigenvalue weighted by atomic mass is 10.2. The zero-order chi connectivity index (χ0) is 18.9. The summed E-state index contributed by atoms with van der Waals surface area (Å²) in [5.41, 5.74) is 1.38. The van der Waals surface area contributed by atoms with E-state index >= 15 is 0 Å². The largest absolute Gasteiger partial charge is 0.382 e. The van der Waals surface area contributed by atoms with Crippen molar-refractivity contribution < 1.29 is 14.3 Å². The highest BCUT2D eigenvalue weighted by Crippen LogP contribution is 2.19. The van der Waals surface area contributed by atoms with Crippen LogP contribution in [0.5, 0.6) is 0 Å². The van der Waals surface area contributed by atoms with Crippen LogP contribution in [0.4, 0.5) is 5.13 Å². The Balaban J connectivity index is 2.05. The molecular formula is C18H22BrN3O3S. The number of thiazole rings is 1. The molecule has 2 amide bonds. The number of aromatic nitrogens is 1. The van der Waals surface area contributed by atoms with Crippen molar-refractivity contribution in [2.45, 2.75) is 20.3 Å². The van der Waals surface area contributed by atoms with E-state index in [2.05, 4.69) is 26.2 Å². The van der Waals surface area contributed by atoms with Gasteiger partial charge >= 0.3 is 0 Å². The van der Waals surface area contributed by atoms with Crippen LogP contribution in [-0.4, -0.2) is 48.0 Å². The van der Waals surface area contributed by atoms with Gasteiger partial charge in [-0.15, -0.1) is 11.3 Å². The molecule has 0 radical (unpaired) electrons. The van der Waals surface area contributed by atoms with E-state index in [9.17, 15) is 9.59 Å². The maximum atomic E-state index is 12.9. The molecule has 1 aromatic carbocycles. The Morgan fingerprint density at radius 2 is 2.12 bits per heavy atom. The summed E-state index contributed by atoms with van der Waals surface area (Å²) in [5, 5.41) is 5.15. The Labute approximate surface area is 165 Å². The van der Waals surface area contributed by atoms with Gasteiger partial charge in [-0.25, -0.2) is 4.98 Å². The Kier molecular flexibility index (Phi) is 8.21. The first-order valence-electron chi connectivity index (χ1n) is 8.34. The molecule has 0 saturated carbocycles. The normalized spacial score (nSPS) is 10.6. The number of ether oxygens (including phenoxy) is 1. The molecule has 0 aliphatic rings. The molecule has 2 aromatic rings. The number of benzene rings is 1. The summed E-state index contributed by atoms with van der Waals surface area (Å²) in [6.45, 7) is 5.36. The van der Waals surface area contributed by atoms with E-state index in [4.69, 9.17) is 4.74 Å². The molecule has 0 aliphatic heterocycles. The van der Waals surface area contributed by atoms with Crippen molar-refractivity contribution in [3.63, 3.8) is 0 Å². The van der Waals surface area contributed by atoms with Crippen molar-refractivity contribution in [2.75, 3.05) is 31.6 Å². The average Bonchev–Trinajstić information content (AvgIpc) is 3.02. The fourth-order valence-corrected chi connectivity index (χ4v) is 3.46. The number of rotatable bonds is 9. The van der Waals surface area contributed by atoms with Crippen LogP contribution in [0.3, 0.4) is 0 Å². The molecule has 0 aliphatic carbocycles. The minimum Gasteiger partial charge on any atom is -0.382 e. The van der Waals surface area contributed by atoms with Crippen molar-refractivity contribution in [1.82, 2.24) is 9.88 Å². The van der Waals surface area contributed by atoms with Crippen molar-refractivity contribution in [3.8, 4) is 0 Å². The van der Waals surface area contributed by atoms with E-state index in [0.29, 0.717) is 41.3 Å². The van der Waals surface area contributed by atoms with Gasteiger partial charge in [-0.1, -0.05) is 12.1 Å². The first-order valence-corrected chi connectivity index (χ1v) is 10.0. The second kappa shape index (κ2) is 10.4. The lowest BCUT2D eigenvalue weighted by molar-refractivity contribution is -0.116. The number of aryl methyl sites for hydroxylation is 1.